The first-order chi connectivity index (χ1) is 7.93. The lowest BCUT2D eigenvalue weighted by molar-refractivity contribution is -0.137. The van der Waals surface area contributed by atoms with Gasteiger partial charge in [0.1, 0.15) is 0 Å². The average Bonchev–Trinajstić information content (AvgIpc) is 2.22. The van der Waals surface area contributed by atoms with Crippen LogP contribution in [0.5, 0.6) is 0 Å². The van der Waals surface area contributed by atoms with Gasteiger partial charge in [0.2, 0.25) is 0 Å². The van der Waals surface area contributed by atoms with Crippen LogP contribution < -0.4 is 5.32 Å². The second-order valence-electron chi connectivity index (χ2n) is 3.74. The number of halogens is 3. The number of alkyl halides is 3. The highest BCUT2D eigenvalue weighted by Gasteiger charge is 2.30. The van der Waals surface area contributed by atoms with Gasteiger partial charge in [0, 0.05) is 18.5 Å². The Labute approximate surface area is 99.0 Å². The summed E-state index contributed by atoms with van der Waals surface area (Å²) in [6, 6.07) is 3.86. The fraction of sp³-hybridized carbons (Fsp3) is 0.385. The molecule has 0 unspecified atom stereocenters. The zero-order valence-electron chi connectivity index (χ0n) is 9.78. The van der Waals surface area contributed by atoms with E-state index in [0.717, 1.165) is 18.7 Å². The molecule has 0 radical (unpaired) electrons. The second kappa shape index (κ2) is 5.74. The maximum atomic E-state index is 12.5. The molecule has 17 heavy (non-hydrogen) atoms. The van der Waals surface area contributed by atoms with Crippen molar-refractivity contribution in [1.29, 1.82) is 0 Å². The van der Waals surface area contributed by atoms with Crippen molar-refractivity contribution in [2.24, 2.45) is 0 Å². The SMILES string of the molecule is CNCCC#Cc1cc(C)cc(C(F)(F)F)c1. The summed E-state index contributed by atoms with van der Waals surface area (Å²) in [6.07, 6.45) is -3.70. The van der Waals surface area contributed by atoms with Crippen molar-refractivity contribution in [2.45, 2.75) is 19.5 Å². The van der Waals surface area contributed by atoms with E-state index in [1.54, 1.807) is 20.0 Å². The van der Waals surface area contributed by atoms with Crippen LogP contribution in [0.15, 0.2) is 18.2 Å². The van der Waals surface area contributed by atoms with Crippen molar-refractivity contribution in [3.8, 4) is 11.8 Å². The maximum Gasteiger partial charge on any atom is 0.416 e. The van der Waals surface area contributed by atoms with E-state index in [0.29, 0.717) is 17.5 Å². The third kappa shape index (κ3) is 4.49. The van der Waals surface area contributed by atoms with E-state index < -0.39 is 11.7 Å². The molecule has 0 amide bonds. The van der Waals surface area contributed by atoms with Crippen molar-refractivity contribution < 1.29 is 13.2 Å². The lowest BCUT2D eigenvalue weighted by Gasteiger charge is -2.07. The Hall–Kier alpha value is -1.47. The lowest BCUT2D eigenvalue weighted by Crippen LogP contribution is -2.06. The van der Waals surface area contributed by atoms with E-state index in [2.05, 4.69) is 17.2 Å². The monoisotopic (exact) mass is 241 g/mol. The first-order valence-corrected chi connectivity index (χ1v) is 5.26. The highest BCUT2D eigenvalue weighted by Crippen LogP contribution is 2.30. The Kier molecular flexibility index (Phi) is 4.59. The third-order valence-corrected chi connectivity index (χ3v) is 2.14. The Morgan fingerprint density at radius 3 is 2.53 bits per heavy atom. The largest absolute Gasteiger partial charge is 0.416 e. The van der Waals surface area contributed by atoms with E-state index >= 15 is 0 Å². The Morgan fingerprint density at radius 2 is 1.94 bits per heavy atom. The van der Waals surface area contributed by atoms with Gasteiger partial charge in [-0.05, 0) is 37.7 Å². The molecule has 1 aromatic carbocycles. The molecule has 0 saturated carbocycles. The minimum Gasteiger partial charge on any atom is -0.319 e. The summed E-state index contributed by atoms with van der Waals surface area (Å²) in [7, 11) is 1.80. The van der Waals surface area contributed by atoms with Gasteiger partial charge in [0.25, 0.3) is 0 Å². The van der Waals surface area contributed by atoms with Gasteiger partial charge >= 0.3 is 6.18 Å². The quantitative estimate of drug-likeness (QED) is 0.620. The van der Waals surface area contributed by atoms with Crippen LogP contribution in [0.2, 0.25) is 0 Å². The van der Waals surface area contributed by atoms with Crippen LogP contribution in [0.3, 0.4) is 0 Å². The predicted molar refractivity (Wildman–Crippen MR) is 61.6 cm³/mol. The Morgan fingerprint density at radius 1 is 1.24 bits per heavy atom. The second-order valence-corrected chi connectivity index (χ2v) is 3.74. The van der Waals surface area contributed by atoms with Crippen LogP contribution in [0.4, 0.5) is 13.2 Å². The van der Waals surface area contributed by atoms with Crippen molar-refractivity contribution in [3.63, 3.8) is 0 Å². The number of nitrogens with one attached hydrogen (secondary N) is 1. The number of aryl methyl sites for hydroxylation is 1. The molecule has 0 bridgehead atoms. The third-order valence-electron chi connectivity index (χ3n) is 2.14. The van der Waals surface area contributed by atoms with Crippen LogP contribution in [0.1, 0.15) is 23.1 Å². The molecular formula is C13H14F3N. The van der Waals surface area contributed by atoms with E-state index in [1.807, 2.05) is 0 Å². The van der Waals surface area contributed by atoms with Crippen molar-refractivity contribution >= 4 is 0 Å². The molecule has 1 N–H and O–H groups in total. The van der Waals surface area contributed by atoms with Gasteiger partial charge in [-0.3, -0.25) is 0 Å². The fourth-order valence-corrected chi connectivity index (χ4v) is 1.37. The van der Waals surface area contributed by atoms with Gasteiger partial charge in [-0.2, -0.15) is 13.2 Å². The van der Waals surface area contributed by atoms with Crippen molar-refractivity contribution in [3.05, 3.63) is 34.9 Å². The van der Waals surface area contributed by atoms with Gasteiger partial charge in [0.15, 0.2) is 0 Å². The van der Waals surface area contributed by atoms with E-state index in [-0.39, 0.29) is 0 Å². The molecule has 92 valence electrons. The molecule has 0 aliphatic rings. The normalized spacial score (nSPS) is 10.9. The molecule has 0 fully saturated rings. The summed E-state index contributed by atoms with van der Waals surface area (Å²) in [4.78, 5) is 0. The molecule has 0 aromatic heterocycles. The van der Waals surface area contributed by atoms with E-state index in [9.17, 15) is 13.2 Å². The Balaban J connectivity index is 2.93. The fourth-order valence-electron chi connectivity index (χ4n) is 1.37. The van der Waals surface area contributed by atoms with Gasteiger partial charge in [0.05, 0.1) is 5.56 Å². The summed E-state index contributed by atoms with van der Waals surface area (Å²) < 4.78 is 37.6. The number of rotatable bonds is 2. The van der Waals surface area contributed by atoms with E-state index in [1.165, 1.54) is 0 Å². The molecule has 1 nitrogen and oxygen atoms in total. The summed E-state index contributed by atoms with van der Waals surface area (Å²) >= 11 is 0. The zero-order chi connectivity index (χ0) is 12.9. The number of hydrogen-bond acceptors (Lipinski definition) is 1. The first kappa shape index (κ1) is 13.6. The van der Waals surface area contributed by atoms with Gasteiger partial charge in [-0.1, -0.05) is 11.8 Å². The van der Waals surface area contributed by atoms with Crippen molar-refractivity contribution in [2.75, 3.05) is 13.6 Å². The maximum absolute atomic E-state index is 12.5. The minimum absolute atomic E-state index is 0.411. The first-order valence-electron chi connectivity index (χ1n) is 5.26. The number of hydrogen-bond donors (Lipinski definition) is 1. The average molecular weight is 241 g/mol. The van der Waals surface area contributed by atoms with Crippen LogP contribution >= 0.6 is 0 Å². The van der Waals surface area contributed by atoms with Crippen LogP contribution in [0.25, 0.3) is 0 Å². The molecule has 1 aromatic rings. The molecule has 0 spiro atoms. The molecule has 0 aliphatic carbocycles. The van der Waals surface area contributed by atoms with Crippen molar-refractivity contribution in [1.82, 2.24) is 5.32 Å². The molecule has 0 heterocycles. The summed E-state index contributed by atoms with van der Waals surface area (Å²) in [6.45, 7) is 2.36. The Bertz CT molecular complexity index is 438. The minimum atomic E-state index is -4.31. The van der Waals surface area contributed by atoms with Gasteiger partial charge in [-0.15, -0.1) is 0 Å². The van der Waals surface area contributed by atoms with Crippen LogP contribution in [-0.4, -0.2) is 13.6 Å². The zero-order valence-corrected chi connectivity index (χ0v) is 9.78. The highest BCUT2D eigenvalue weighted by molar-refractivity contribution is 5.41. The van der Waals surface area contributed by atoms with Gasteiger partial charge < -0.3 is 5.32 Å². The molecule has 0 aliphatic heterocycles. The summed E-state index contributed by atoms with van der Waals surface area (Å²) in [5.74, 6) is 5.57. The molecule has 0 atom stereocenters. The summed E-state index contributed by atoms with van der Waals surface area (Å²) in [5.41, 5.74) is 0.335. The smallest absolute Gasteiger partial charge is 0.319 e. The standard InChI is InChI=1S/C13H14F3N/c1-10-7-11(5-3-4-6-17-2)9-12(8-10)13(14,15)16/h7-9,17H,4,6H2,1-2H3. The lowest BCUT2D eigenvalue weighted by atomic mass is 10.1. The molecule has 1 rings (SSSR count). The van der Waals surface area contributed by atoms with E-state index in [4.69, 9.17) is 0 Å². The van der Waals surface area contributed by atoms with Crippen LogP contribution in [-0.2, 0) is 6.18 Å². The molecule has 0 saturated heterocycles. The molecule has 4 heteroatoms. The highest BCUT2D eigenvalue weighted by atomic mass is 19.4. The topological polar surface area (TPSA) is 12.0 Å². The predicted octanol–water partition coefficient (Wildman–Crippen LogP) is 2.97. The number of benzene rings is 1. The summed E-state index contributed by atoms with van der Waals surface area (Å²) in [5, 5.41) is 2.92. The van der Waals surface area contributed by atoms with Crippen LogP contribution in [0, 0.1) is 18.8 Å². The van der Waals surface area contributed by atoms with Gasteiger partial charge in [-0.25, -0.2) is 0 Å². The molecular weight excluding hydrogens is 227 g/mol.